The lowest BCUT2D eigenvalue weighted by atomic mass is 10.3. The van der Waals surface area contributed by atoms with Crippen LogP contribution in [0.2, 0.25) is 0 Å². The normalized spacial score (nSPS) is 10.5. The van der Waals surface area contributed by atoms with Crippen LogP contribution in [0.4, 0.5) is 10.1 Å². The molecule has 0 bridgehead atoms. The molecule has 0 N–H and O–H groups in total. The molecule has 25 heavy (non-hydrogen) atoms. The molecular formula is C20H19FN2O2. The van der Waals surface area contributed by atoms with E-state index in [9.17, 15) is 9.18 Å². The van der Waals surface area contributed by atoms with Gasteiger partial charge in [-0.1, -0.05) is 18.2 Å². The number of anilines is 1. The zero-order valence-corrected chi connectivity index (χ0v) is 13.9. The van der Waals surface area contributed by atoms with Gasteiger partial charge in [-0.25, -0.2) is 4.39 Å². The van der Waals surface area contributed by atoms with E-state index in [1.165, 1.54) is 22.8 Å². The maximum atomic E-state index is 13.0. The van der Waals surface area contributed by atoms with Crippen molar-refractivity contribution in [1.82, 2.24) is 4.57 Å². The van der Waals surface area contributed by atoms with E-state index in [2.05, 4.69) is 4.90 Å². The Morgan fingerprint density at radius 2 is 1.76 bits per heavy atom. The molecule has 0 amide bonds. The second kappa shape index (κ2) is 7.66. The van der Waals surface area contributed by atoms with Gasteiger partial charge in [0.25, 0.3) is 5.56 Å². The van der Waals surface area contributed by atoms with E-state index in [1.54, 1.807) is 24.4 Å². The van der Waals surface area contributed by atoms with Gasteiger partial charge in [-0.2, -0.15) is 0 Å². The maximum absolute atomic E-state index is 13.0. The van der Waals surface area contributed by atoms with Gasteiger partial charge in [0.15, 0.2) is 0 Å². The third-order valence-corrected chi connectivity index (χ3v) is 3.89. The Balaban J connectivity index is 1.61. The van der Waals surface area contributed by atoms with Crippen molar-refractivity contribution in [2.45, 2.75) is 0 Å². The number of aromatic nitrogens is 1. The molecule has 0 aliphatic heterocycles. The summed E-state index contributed by atoms with van der Waals surface area (Å²) in [4.78, 5) is 14.3. The lowest BCUT2D eigenvalue weighted by Gasteiger charge is -2.19. The molecule has 1 heterocycles. The van der Waals surface area contributed by atoms with E-state index < -0.39 is 0 Å². The predicted molar refractivity (Wildman–Crippen MR) is 97.2 cm³/mol. The average molecular weight is 338 g/mol. The van der Waals surface area contributed by atoms with Crippen molar-refractivity contribution in [1.29, 1.82) is 0 Å². The number of rotatable bonds is 6. The van der Waals surface area contributed by atoms with Crippen molar-refractivity contribution in [3.05, 3.63) is 89.1 Å². The van der Waals surface area contributed by atoms with Crippen molar-refractivity contribution in [3.63, 3.8) is 0 Å². The van der Waals surface area contributed by atoms with Crippen LogP contribution in [0.25, 0.3) is 5.69 Å². The fourth-order valence-electron chi connectivity index (χ4n) is 2.48. The van der Waals surface area contributed by atoms with Gasteiger partial charge in [-0.05, 0) is 42.5 Å². The third kappa shape index (κ3) is 4.26. The molecule has 0 atom stereocenters. The Morgan fingerprint density at radius 1 is 1.04 bits per heavy atom. The van der Waals surface area contributed by atoms with Crippen LogP contribution in [0.1, 0.15) is 0 Å². The van der Waals surface area contributed by atoms with E-state index in [-0.39, 0.29) is 11.4 Å². The van der Waals surface area contributed by atoms with Gasteiger partial charge in [0.1, 0.15) is 18.2 Å². The lowest BCUT2D eigenvalue weighted by molar-refractivity contribution is 0.325. The Morgan fingerprint density at radius 3 is 2.44 bits per heavy atom. The molecule has 0 saturated carbocycles. The molecule has 0 unspecified atom stereocenters. The summed E-state index contributed by atoms with van der Waals surface area (Å²) in [6.45, 7) is 1.16. The van der Waals surface area contributed by atoms with Crippen LogP contribution in [0.15, 0.2) is 77.7 Å². The van der Waals surface area contributed by atoms with Gasteiger partial charge in [-0.3, -0.25) is 9.36 Å². The van der Waals surface area contributed by atoms with Crippen LogP contribution in [-0.2, 0) is 0 Å². The molecule has 0 aliphatic rings. The predicted octanol–water partition coefficient (Wildman–Crippen LogP) is 3.49. The first-order chi connectivity index (χ1) is 12.1. The molecule has 0 saturated heterocycles. The van der Waals surface area contributed by atoms with Crippen LogP contribution >= 0.6 is 0 Å². The zero-order valence-electron chi connectivity index (χ0n) is 13.9. The quantitative estimate of drug-likeness (QED) is 0.690. The fourth-order valence-corrected chi connectivity index (χ4v) is 2.48. The van der Waals surface area contributed by atoms with Gasteiger partial charge in [0, 0.05) is 30.7 Å². The minimum atomic E-state index is -0.334. The zero-order chi connectivity index (χ0) is 17.6. The van der Waals surface area contributed by atoms with Gasteiger partial charge in [0.2, 0.25) is 0 Å². The molecule has 4 nitrogen and oxygen atoms in total. The average Bonchev–Trinajstić information content (AvgIpc) is 2.63. The summed E-state index contributed by atoms with van der Waals surface area (Å²) in [5, 5.41) is 0. The number of ether oxygens (including phenoxy) is 1. The van der Waals surface area contributed by atoms with Gasteiger partial charge < -0.3 is 9.64 Å². The monoisotopic (exact) mass is 338 g/mol. The Bertz CT molecular complexity index is 876. The smallest absolute Gasteiger partial charge is 0.258 e. The van der Waals surface area contributed by atoms with Crippen LogP contribution in [-0.4, -0.2) is 24.8 Å². The highest BCUT2D eigenvalue weighted by atomic mass is 19.1. The van der Waals surface area contributed by atoms with Gasteiger partial charge in [0.05, 0.1) is 6.54 Å². The van der Waals surface area contributed by atoms with Crippen molar-refractivity contribution < 1.29 is 9.13 Å². The number of hydrogen-bond acceptors (Lipinski definition) is 3. The van der Waals surface area contributed by atoms with E-state index in [0.717, 1.165) is 5.69 Å². The minimum absolute atomic E-state index is 0.222. The first-order valence-corrected chi connectivity index (χ1v) is 8.01. The molecule has 0 aliphatic carbocycles. The molecule has 3 rings (SSSR count). The number of hydrogen-bond donors (Lipinski definition) is 0. The van der Waals surface area contributed by atoms with Crippen LogP contribution in [0.5, 0.6) is 5.75 Å². The number of para-hydroxylation sites is 1. The SMILES string of the molecule is CN(CCOc1ccn(-c2ccc(F)cc2)c(=O)c1)c1ccccc1. The van der Waals surface area contributed by atoms with Crippen LogP contribution < -0.4 is 15.2 Å². The van der Waals surface area contributed by atoms with Crippen molar-refractivity contribution in [2.24, 2.45) is 0 Å². The summed E-state index contributed by atoms with van der Waals surface area (Å²) in [5.74, 6) is 0.184. The van der Waals surface area contributed by atoms with Crippen LogP contribution in [0.3, 0.4) is 0 Å². The summed E-state index contributed by atoms with van der Waals surface area (Å²) < 4.78 is 20.1. The third-order valence-electron chi connectivity index (χ3n) is 3.89. The van der Waals surface area contributed by atoms with Crippen LogP contribution in [0, 0.1) is 5.82 Å². The Kier molecular flexibility index (Phi) is 5.14. The van der Waals surface area contributed by atoms with Gasteiger partial charge >= 0.3 is 0 Å². The molecule has 2 aromatic carbocycles. The highest BCUT2D eigenvalue weighted by Gasteiger charge is 2.04. The number of pyridine rings is 1. The molecule has 5 heteroatoms. The largest absolute Gasteiger partial charge is 0.491 e. The summed E-state index contributed by atoms with van der Waals surface area (Å²) in [5.41, 5.74) is 1.50. The standard InChI is InChI=1S/C20H19FN2O2/c1-22(17-5-3-2-4-6-17)13-14-25-19-11-12-23(20(24)15-19)18-9-7-16(21)8-10-18/h2-12,15H,13-14H2,1H3. The van der Waals surface area contributed by atoms with E-state index >= 15 is 0 Å². The Hall–Kier alpha value is -3.08. The lowest BCUT2D eigenvalue weighted by Crippen LogP contribution is -2.24. The van der Waals surface area contributed by atoms with E-state index in [4.69, 9.17) is 4.74 Å². The van der Waals surface area contributed by atoms with E-state index in [1.807, 2.05) is 37.4 Å². The van der Waals surface area contributed by atoms with E-state index in [0.29, 0.717) is 24.6 Å². The summed E-state index contributed by atoms with van der Waals surface area (Å²) in [6.07, 6.45) is 1.63. The maximum Gasteiger partial charge on any atom is 0.258 e. The summed E-state index contributed by atoms with van der Waals surface area (Å²) in [6, 6.07) is 19.0. The topological polar surface area (TPSA) is 34.5 Å². The second-order valence-electron chi connectivity index (χ2n) is 5.65. The Labute approximate surface area is 145 Å². The van der Waals surface area contributed by atoms with Gasteiger partial charge in [-0.15, -0.1) is 0 Å². The molecule has 0 fully saturated rings. The summed E-state index contributed by atoms with van der Waals surface area (Å²) in [7, 11) is 1.99. The number of halogens is 1. The minimum Gasteiger partial charge on any atom is -0.491 e. The summed E-state index contributed by atoms with van der Waals surface area (Å²) >= 11 is 0. The molecule has 0 radical (unpaired) electrons. The number of benzene rings is 2. The number of likely N-dealkylation sites (N-methyl/N-ethyl adjacent to an activating group) is 1. The van der Waals surface area contributed by atoms with Crippen molar-refractivity contribution in [3.8, 4) is 11.4 Å². The first-order valence-electron chi connectivity index (χ1n) is 8.01. The molecule has 3 aromatic rings. The molecule has 0 spiro atoms. The van der Waals surface area contributed by atoms with Crippen molar-refractivity contribution in [2.75, 3.05) is 25.1 Å². The second-order valence-corrected chi connectivity index (χ2v) is 5.65. The first kappa shape index (κ1) is 16.8. The number of nitrogens with zero attached hydrogens (tertiary/aromatic N) is 2. The molecule has 128 valence electrons. The highest BCUT2D eigenvalue weighted by Crippen LogP contribution is 2.13. The molecular weight excluding hydrogens is 319 g/mol. The van der Waals surface area contributed by atoms with Crippen molar-refractivity contribution >= 4 is 5.69 Å². The molecule has 1 aromatic heterocycles. The highest BCUT2D eigenvalue weighted by molar-refractivity contribution is 5.44. The fraction of sp³-hybridized carbons (Fsp3) is 0.150.